The van der Waals surface area contributed by atoms with Crippen LogP contribution in [0.4, 0.5) is 0 Å². The van der Waals surface area contributed by atoms with Crippen LogP contribution in [-0.2, 0) is 18.9 Å². The molecule has 6 nitrogen and oxygen atoms in total. The van der Waals surface area contributed by atoms with Crippen molar-refractivity contribution in [3.63, 3.8) is 0 Å². The molecule has 2 aliphatic rings. The number of hydrogen-bond donors (Lipinski definition) is 2. The molecule has 28 heavy (non-hydrogen) atoms. The molecule has 0 aromatic heterocycles. The molecule has 2 heterocycles. The molecule has 2 bridgehead atoms. The van der Waals surface area contributed by atoms with Gasteiger partial charge in [-0.3, -0.25) is 0 Å². The summed E-state index contributed by atoms with van der Waals surface area (Å²) in [6, 6.07) is 14.1. The van der Waals surface area contributed by atoms with Crippen molar-refractivity contribution in [3.8, 4) is 0 Å². The van der Waals surface area contributed by atoms with Gasteiger partial charge in [0.05, 0.1) is 13.2 Å². The highest BCUT2D eigenvalue weighted by Crippen LogP contribution is 2.33. The summed E-state index contributed by atoms with van der Waals surface area (Å²) in [5.74, 6) is 0. The standard InChI is InChI=1S/C20H20Cl2O6/c21-13-5-1-11(2-6-13)19-25-9-16-18(24)17(23)15(27-19)10-26-20(28-16)12-3-7-14(22)8-4-12/h1-8,15-20,23-24H,9-10H2/t15-,16+,17-,18-,19?,20?/m1/s1. The molecule has 2 unspecified atom stereocenters. The molecule has 2 aliphatic heterocycles. The molecule has 0 saturated carbocycles. The number of benzene rings is 2. The third-order valence-corrected chi connectivity index (χ3v) is 5.32. The molecular weight excluding hydrogens is 407 g/mol. The summed E-state index contributed by atoms with van der Waals surface area (Å²) in [4.78, 5) is 0. The molecule has 6 atom stereocenters. The quantitative estimate of drug-likeness (QED) is 0.767. The molecule has 2 aromatic rings. The summed E-state index contributed by atoms with van der Waals surface area (Å²) in [5.41, 5.74) is 1.48. The van der Waals surface area contributed by atoms with Gasteiger partial charge in [-0.2, -0.15) is 0 Å². The summed E-state index contributed by atoms with van der Waals surface area (Å²) in [7, 11) is 0. The van der Waals surface area contributed by atoms with E-state index in [9.17, 15) is 10.2 Å². The third-order valence-electron chi connectivity index (χ3n) is 4.82. The SMILES string of the molecule is O[C@H]1[C@H](O)[C@H]2COC(c3ccc(Cl)cc3)O[C@H]1COC(c1ccc(Cl)cc1)O2. The second kappa shape index (κ2) is 8.65. The number of ether oxygens (including phenoxy) is 4. The van der Waals surface area contributed by atoms with Crippen LogP contribution in [0, 0.1) is 0 Å². The van der Waals surface area contributed by atoms with E-state index in [-0.39, 0.29) is 13.2 Å². The molecule has 4 rings (SSSR count). The highest BCUT2D eigenvalue weighted by atomic mass is 35.5. The molecule has 2 aromatic carbocycles. The normalized spacial score (nSPS) is 33.6. The fourth-order valence-electron chi connectivity index (χ4n) is 3.23. The van der Waals surface area contributed by atoms with E-state index in [4.69, 9.17) is 42.1 Å². The monoisotopic (exact) mass is 426 g/mol. The largest absolute Gasteiger partial charge is 0.387 e. The fraction of sp³-hybridized carbons (Fsp3) is 0.400. The molecule has 8 heteroatoms. The molecule has 0 spiro atoms. The number of hydrogen-bond acceptors (Lipinski definition) is 6. The predicted octanol–water partition coefficient (Wildman–Crippen LogP) is 3.24. The maximum absolute atomic E-state index is 10.6. The first-order valence-corrected chi connectivity index (χ1v) is 9.68. The van der Waals surface area contributed by atoms with Crippen LogP contribution in [0.3, 0.4) is 0 Å². The Balaban J connectivity index is 1.57. The van der Waals surface area contributed by atoms with E-state index in [1.165, 1.54) is 0 Å². The van der Waals surface area contributed by atoms with Crippen molar-refractivity contribution in [2.45, 2.75) is 37.0 Å². The molecule has 2 N–H and O–H groups in total. The molecular formula is C20H20Cl2O6. The highest BCUT2D eigenvalue weighted by molar-refractivity contribution is 6.30. The van der Waals surface area contributed by atoms with E-state index in [1.54, 1.807) is 48.5 Å². The van der Waals surface area contributed by atoms with Crippen molar-refractivity contribution >= 4 is 23.2 Å². The first-order chi connectivity index (χ1) is 13.5. The van der Waals surface area contributed by atoms with Gasteiger partial charge in [0.1, 0.15) is 24.4 Å². The number of aliphatic hydroxyl groups is 2. The van der Waals surface area contributed by atoms with Crippen LogP contribution in [0.5, 0.6) is 0 Å². The van der Waals surface area contributed by atoms with Crippen LogP contribution in [-0.4, -0.2) is 47.8 Å². The maximum Gasteiger partial charge on any atom is 0.184 e. The van der Waals surface area contributed by atoms with E-state index in [0.717, 1.165) is 11.1 Å². The third kappa shape index (κ3) is 4.35. The zero-order chi connectivity index (χ0) is 19.7. The average Bonchev–Trinajstić information content (AvgIpc) is 2.70. The molecule has 2 saturated heterocycles. The Labute approximate surface area is 172 Å². The first kappa shape index (κ1) is 20.1. The Morgan fingerprint density at radius 2 is 1.00 bits per heavy atom. The lowest BCUT2D eigenvalue weighted by molar-refractivity contribution is -0.317. The maximum atomic E-state index is 10.6. The fourth-order valence-corrected chi connectivity index (χ4v) is 3.48. The summed E-state index contributed by atoms with van der Waals surface area (Å²) in [6.45, 7) is 0.0113. The lowest BCUT2D eigenvalue weighted by atomic mass is 10.0. The zero-order valence-corrected chi connectivity index (χ0v) is 16.3. The van der Waals surface area contributed by atoms with Crippen LogP contribution in [0.15, 0.2) is 48.5 Å². The van der Waals surface area contributed by atoms with Crippen LogP contribution in [0.25, 0.3) is 0 Å². The second-order valence-corrected chi connectivity index (χ2v) is 7.64. The second-order valence-electron chi connectivity index (χ2n) is 6.76. The van der Waals surface area contributed by atoms with E-state index in [1.807, 2.05) is 0 Å². The minimum Gasteiger partial charge on any atom is -0.387 e. The lowest BCUT2D eigenvalue weighted by Crippen LogP contribution is -2.54. The molecule has 0 aliphatic carbocycles. The predicted molar refractivity (Wildman–Crippen MR) is 102 cm³/mol. The van der Waals surface area contributed by atoms with E-state index < -0.39 is 37.0 Å². The van der Waals surface area contributed by atoms with Crippen LogP contribution >= 0.6 is 23.2 Å². The van der Waals surface area contributed by atoms with Crippen molar-refractivity contribution in [2.24, 2.45) is 0 Å². The molecule has 2 fully saturated rings. The van der Waals surface area contributed by atoms with Crippen molar-refractivity contribution in [2.75, 3.05) is 13.2 Å². The highest BCUT2D eigenvalue weighted by Gasteiger charge is 2.42. The van der Waals surface area contributed by atoms with Gasteiger partial charge in [-0.05, 0) is 24.3 Å². The van der Waals surface area contributed by atoms with Gasteiger partial charge in [-0.1, -0.05) is 47.5 Å². The summed E-state index contributed by atoms with van der Waals surface area (Å²) in [5, 5.41) is 22.3. The van der Waals surface area contributed by atoms with Crippen molar-refractivity contribution in [1.82, 2.24) is 0 Å². The number of rotatable bonds is 2. The van der Waals surface area contributed by atoms with Gasteiger partial charge < -0.3 is 29.2 Å². The molecule has 0 amide bonds. The van der Waals surface area contributed by atoms with E-state index in [0.29, 0.717) is 10.0 Å². The van der Waals surface area contributed by atoms with Gasteiger partial charge in [0.25, 0.3) is 0 Å². The average molecular weight is 427 g/mol. The Morgan fingerprint density at radius 3 is 1.36 bits per heavy atom. The summed E-state index contributed by atoms with van der Waals surface area (Å²) < 4.78 is 23.6. The van der Waals surface area contributed by atoms with E-state index in [2.05, 4.69) is 0 Å². The Kier molecular flexibility index (Phi) is 6.20. The Morgan fingerprint density at radius 1 is 0.643 bits per heavy atom. The first-order valence-electron chi connectivity index (χ1n) is 8.92. The van der Waals surface area contributed by atoms with Gasteiger partial charge in [0, 0.05) is 21.2 Å². The number of fused-ring (bicyclic) bond motifs is 3. The van der Waals surface area contributed by atoms with Crippen LogP contribution in [0.1, 0.15) is 23.7 Å². The van der Waals surface area contributed by atoms with Crippen molar-refractivity contribution in [1.29, 1.82) is 0 Å². The van der Waals surface area contributed by atoms with Gasteiger partial charge in [-0.25, -0.2) is 0 Å². The van der Waals surface area contributed by atoms with Gasteiger partial charge in [-0.15, -0.1) is 0 Å². The molecule has 150 valence electrons. The molecule has 0 radical (unpaired) electrons. The number of halogens is 2. The van der Waals surface area contributed by atoms with Gasteiger partial charge in [0.15, 0.2) is 12.6 Å². The smallest absolute Gasteiger partial charge is 0.184 e. The summed E-state index contributed by atoms with van der Waals surface area (Å²) >= 11 is 11.9. The Bertz CT molecular complexity index is 717. The van der Waals surface area contributed by atoms with Crippen LogP contribution in [0.2, 0.25) is 10.0 Å². The van der Waals surface area contributed by atoms with Crippen LogP contribution < -0.4 is 0 Å². The van der Waals surface area contributed by atoms with Gasteiger partial charge >= 0.3 is 0 Å². The minimum absolute atomic E-state index is 0.00564. The van der Waals surface area contributed by atoms with Gasteiger partial charge in [0.2, 0.25) is 0 Å². The topological polar surface area (TPSA) is 77.4 Å². The Hall–Kier alpha value is -1.22. The number of aliphatic hydroxyl groups excluding tert-OH is 2. The lowest BCUT2D eigenvalue weighted by Gasteiger charge is -2.41. The zero-order valence-electron chi connectivity index (χ0n) is 14.8. The van der Waals surface area contributed by atoms with Crippen molar-refractivity contribution < 1.29 is 29.2 Å². The van der Waals surface area contributed by atoms with Crippen molar-refractivity contribution in [3.05, 3.63) is 69.7 Å². The van der Waals surface area contributed by atoms with E-state index >= 15 is 0 Å². The summed E-state index contributed by atoms with van der Waals surface area (Å²) in [6.07, 6.45) is -5.48. The minimum atomic E-state index is -1.19.